The van der Waals surface area contributed by atoms with E-state index in [2.05, 4.69) is 19.2 Å². The van der Waals surface area contributed by atoms with Gasteiger partial charge >= 0.3 is 0 Å². The highest BCUT2D eigenvalue weighted by Crippen LogP contribution is 2.29. The molecule has 1 saturated carbocycles. The Balaban J connectivity index is 2.26. The third kappa shape index (κ3) is 5.39. The minimum Gasteiger partial charge on any atom is -0.396 e. The van der Waals surface area contributed by atoms with E-state index in [1.807, 2.05) is 0 Å². The van der Waals surface area contributed by atoms with Crippen molar-refractivity contribution in [3.8, 4) is 0 Å². The van der Waals surface area contributed by atoms with Gasteiger partial charge in [0, 0.05) is 12.6 Å². The van der Waals surface area contributed by atoms with E-state index in [1.54, 1.807) is 0 Å². The molecule has 1 rings (SSSR count). The first kappa shape index (κ1) is 15.0. The average molecular weight is 241 g/mol. The molecule has 1 fully saturated rings. The van der Waals surface area contributed by atoms with Crippen LogP contribution in [-0.2, 0) is 0 Å². The minimum atomic E-state index is 0.387. The van der Waals surface area contributed by atoms with Gasteiger partial charge in [0.1, 0.15) is 0 Å². The fourth-order valence-corrected chi connectivity index (χ4v) is 3.01. The highest BCUT2D eigenvalue weighted by atomic mass is 16.3. The molecule has 2 N–H and O–H groups in total. The maximum absolute atomic E-state index is 9.40. The van der Waals surface area contributed by atoms with Crippen LogP contribution in [0.1, 0.15) is 65.2 Å². The van der Waals surface area contributed by atoms with Crippen LogP contribution in [0.3, 0.4) is 0 Å². The predicted molar refractivity (Wildman–Crippen MR) is 74.1 cm³/mol. The smallest absolute Gasteiger partial charge is 0.0462 e. The van der Waals surface area contributed by atoms with Gasteiger partial charge in [0.25, 0.3) is 0 Å². The maximum Gasteiger partial charge on any atom is 0.0462 e. The van der Waals surface area contributed by atoms with Crippen LogP contribution >= 0.6 is 0 Å². The van der Waals surface area contributed by atoms with Gasteiger partial charge in [-0.25, -0.2) is 0 Å². The summed E-state index contributed by atoms with van der Waals surface area (Å²) in [5.74, 6) is 1.27. The molecule has 3 atom stereocenters. The number of rotatable bonds is 8. The summed E-state index contributed by atoms with van der Waals surface area (Å²) in [6.07, 6.45) is 10.4. The van der Waals surface area contributed by atoms with Crippen molar-refractivity contribution in [1.82, 2.24) is 5.32 Å². The summed E-state index contributed by atoms with van der Waals surface area (Å²) in [5, 5.41) is 13.1. The van der Waals surface area contributed by atoms with E-state index in [9.17, 15) is 5.11 Å². The molecule has 1 aliphatic carbocycles. The lowest BCUT2D eigenvalue weighted by molar-refractivity contribution is 0.130. The van der Waals surface area contributed by atoms with Crippen LogP contribution in [0.25, 0.3) is 0 Å². The number of hydrogen-bond acceptors (Lipinski definition) is 2. The highest BCUT2D eigenvalue weighted by Gasteiger charge is 2.24. The monoisotopic (exact) mass is 241 g/mol. The third-order valence-electron chi connectivity index (χ3n) is 4.37. The van der Waals surface area contributed by atoms with Gasteiger partial charge in [0.05, 0.1) is 0 Å². The van der Waals surface area contributed by atoms with E-state index < -0.39 is 0 Å². The molecular formula is C15H31NO. The summed E-state index contributed by atoms with van der Waals surface area (Å²) >= 11 is 0. The number of unbranched alkanes of at least 4 members (excludes halogenated alkanes) is 1. The van der Waals surface area contributed by atoms with E-state index >= 15 is 0 Å². The van der Waals surface area contributed by atoms with Crippen molar-refractivity contribution in [1.29, 1.82) is 0 Å². The average Bonchev–Trinajstić information content (AvgIpc) is 2.39. The molecule has 1 aliphatic rings. The molecule has 17 heavy (non-hydrogen) atoms. The van der Waals surface area contributed by atoms with Crippen molar-refractivity contribution in [2.45, 2.75) is 71.3 Å². The zero-order valence-electron chi connectivity index (χ0n) is 11.8. The maximum atomic E-state index is 9.40. The Labute approximate surface area is 107 Å². The Kier molecular flexibility index (Phi) is 7.87. The van der Waals surface area contributed by atoms with Gasteiger partial charge in [-0.3, -0.25) is 0 Å². The molecule has 102 valence electrons. The first-order chi connectivity index (χ1) is 8.31. The van der Waals surface area contributed by atoms with Crippen molar-refractivity contribution < 1.29 is 5.11 Å². The van der Waals surface area contributed by atoms with Gasteiger partial charge in [-0.1, -0.05) is 39.5 Å². The van der Waals surface area contributed by atoms with Crippen molar-refractivity contribution >= 4 is 0 Å². The minimum absolute atomic E-state index is 0.387. The zero-order valence-corrected chi connectivity index (χ0v) is 11.8. The van der Waals surface area contributed by atoms with Crippen molar-refractivity contribution in [3.05, 3.63) is 0 Å². The number of nitrogens with one attached hydrogen (secondary N) is 1. The summed E-state index contributed by atoms with van der Waals surface area (Å²) in [6.45, 7) is 6.04. The van der Waals surface area contributed by atoms with Crippen LogP contribution < -0.4 is 5.32 Å². The van der Waals surface area contributed by atoms with E-state index in [0.29, 0.717) is 24.5 Å². The fourth-order valence-electron chi connectivity index (χ4n) is 3.01. The summed E-state index contributed by atoms with van der Waals surface area (Å²) in [6, 6.07) is 0.691. The van der Waals surface area contributed by atoms with Crippen molar-refractivity contribution in [2.75, 3.05) is 13.2 Å². The molecule has 0 radical (unpaired) electrons. The predicted octanol–water partition coefficient (Wildman–Crippen LogP) is 3.34. The molecule has 0 bridgehead atoms. The standard InChI is InChI=1S/C15H31NO/c1-3-5-10-15(4-2)16-11-13-8-6-7-9-14(13)12-17/h13-17H,3-12H2,1-2H3. The summed E-state index contributed by atoms with van der Waals surface area (Å²) in [5.41, 5.74) is 0. The van der Waals surface area contributed by atoms with Crippen LogP contribution in [0.4, 0.5) is 0 Å². The quantitative estimate of drug-likeness (QED) is 0.683. The van der Waals surface area contributed by atoms with Crippen molar-refractivity contribution in [3.63, 3.8) is 0 Å². The first-order valence-electron chi connectivity index (χ1n) is 7.66. The SMILES string of the molecule is CCCCC(CC)NCC1CCCCC1CO. The van der Waals surface area contributed by atoms with Gasteiger partial charge in [-0.2, -0.15) is 0 Å². The van der Waals surface area contributed by atoms with Gasteiger partial charge in [0.2, 0.25) is 0 Å². The third-order valence-corrected chi connectivity index (χ3v) is 4.37. The van der Waals surface area contributed by atoms with Crippen molar-refractivity contribution in [2.24, 2.45) is 11.8 Å². The van der Waals surface area contributed by atoms with Gasteiger partial charge in [-0.15, -0.1) is 0 Å². The zero-order chi connectivity index (χ0) is 12.5. The Bertz CT molecular complexity index is 184. The number of aliphatic hydroxyl groups excluding tert-OH is 1. The summed E-state index contributed by atoms with van der Waals surface area (Å²) in [4.78, 5) is 0. The molecule has 0 aromatic carbocycles. The lowest BCUT2D eigenvalue weighted by Crippen LogP contribution is -2.37. The molecule has 2 nitrogen and oxygen atoms in total. The molecule has 2 heteroatoms. The van der Waals surface area contributed by atoms with Crippen LogP contribution in [0, 0.1) is 11.8 Å². The number of aliphatic hydroxyl groups is 1. The Morgan fingerprint density at radius 1 is 1.18 bits per heavy atom. The fraction of sp³-hybridized carbons (Fsp3) is 1.00. The van der Waals surface area contributed by atoms with E-state index in [1.165, 1.54) is 51.4 Å². The van der Waals surface area contributed by atoms with Gasteiger partial charge in [-0.05, 0) is 44.1 Å². The topological polar surface area (TPSA) is 32.3 Å². The summed E-state index contributed by atoms with van der Waals surface area (Å²) < 4.78 is 0. The Morgan fingerprint density at radius 2 is 1.88 bits per heavy atom. The van der Waals surface area contributed by atoms with E-state index in [-0.39, 0.29) is 0 Å². The van der Waals surface area contributed by atoms with Gasteiger partial charge in [0.15, 0.2) is 0 Å². The lowest BCUT2D eigenvalue weighted by Gasteiger charge is -2.31. The van der Waals surface area contributed by atoms with Crippen LogP contribution in [0.15, 0.2) is 0 Å². The second-order valence-corrected chi connectivity index (χ2v) is 5.64. The number of hydrogen-bond donors (Lipinski definition) is 2. The first-order valence-corrected chi connectivity index (χ1v) is 7.66. The normalized spacial score (nSPS) is 27.0. The largest absolute Gasteiger partial charge is 0.396 e. The molecule has 3 unspecified atom stereocenters. The van der Waals surface area contributed by atoms with E-state index in [4.69, 9.17) is 0 Å². The molecule has 0 amide bonds. The lowest BCUT2D eigenvalue weighted by atomic mass is 9.79. The molecule has 0 aromatic heterocycles. The molecular weight excluding hydrogens is 210 g/mol. The Hall–Kier alpha value is -0.0800. The van der Waals surface area contributed by atoms with Crippen LogP contribution in [0.2, 0.25) is 0 Å². The molecule has 0 aromatic rings. The summed E-state index contributed by atoms with van der Waals surface area (Å²) in [7, 11) is 0. The van der Waals surface area contributed by atoms with Crippen LogP contribution in [0.5, 0.6) is 0 Å². The molecule has 0 heterocycles. The van der Waals surface area contributed by atoms with Crippen LogP contribution in [-0.4, -0.2) is 24.3 Å². The molecule has 0 spiro atoms. The second kappa shape index (κ2) is 8.93. The molecule has 0 aliphatic heterocycles. The Morgan fingerprint density at radius 3 is 2.47 bits per heavy atom. The van der Waals surface area contributed by atoms with E-state index in [0.717, 1.165) is 6.54 Å². The second-order valence-electron chi connectivity index (χ2n) is 5.64. The molecule has 0 saturated heterocycles. The van der Waals surface area contributed by atoms with Gasteiger partial charge < -0.3 is 10.4 Å². The highest BCUT2D eigenvalue weighted by molar-refractivity contribution is 4.78.